The van der Waals surface area contributed by atoms with Crippen LogP contribution in [0.1, 0.15) is 90.9 Å². The molecule has 116 valence electrons. The van der Waals surface area contributed by atoms with Gasteiger partial charge in [-0.05, 0) is 25.7 Å². The van der Waals surface area contributed by atoms with Crippen LogP contribution >= 0.6 is 0 Å². The number of hydrogen-bond acceptors (Lipinski definition) is 1. The van der Waals surface area contributed by atoms with Gasteiger partial charge in [-0.2, -0.15) is 0 Å². The Hall–Kier alpha value is -0.0800. The van der Waals surface area contributed by atoms with E-state index in [1.807, 2.05) is 7.05 Å². The van der Waals surface area contributed by atoms with Crippen molar-refractivity contribution in [2.24, 2.45) is 0 Å². The maximum atomic E-state index is 12.2. The second-order valence-corrected chi connectivity index (χ2v) is 6.28. The first-order valence-corrected chi connectivity index (χ1v) is 8.68. The summed E-state index contributed by atoms with van der Waals surface area (Å²) in [4.78, 5) is 0. The van der Waals surface area contributed by atoms with Gasteiger partial charge in [-0.3, -0.25) is 0 Å². The Kier molecular flexibility index (Phi) is 12.9. The molecule has 0 aromatic heterocycles. The molecule has 2 nitrogen and oxygen atoms in total. The Labute approximate surface area is 121 Å². The lowest BCUT2D eigenvalue weighted by Crippen LogP contribution is -2.39. The highest BCUT2D eigenvalue weighted by molar-refractivity contribution is 4.48. The summed E-state index contributed by atoms with van der Waals surface area (Å²) in [6.07, 6.45) is 15.3. The molecule has 0 rings (SSSR count). The first kappa shape index (κ1) is 18.9. The Morgan fingerprint density at radius 1 is 0.579 bits per heavy atom. The van der Waals surface area contributed by atoms with Gasteiger partial charge in [0.1, 0.15) is 0 Å². The van der Waals surface area contributed by atoms with Crippen molar-refractivity contribution >= 4 is 0 Å². The van der Waals surface area contributed by atoms with Gasteiger partial charge < -0.3 is 9.85 Å². The van der Waals surface area contributed by atoms with Crippen molar-refractivity contribution in [1.82, 2.24) is 0 Å². The summed E-state index contributed by atoms with van der Waals surface area (Å²) in [5.74, 6) is 0. The zero-order chi connectivity index (χ0) is 14.4. The fraction of sp³-hybridized carbons (Fsp3) is 1.00. The minimum absolute atomic E-state index is 0.0123. The molecule has 0 saturated heterocycles. The normalized spacial score (nSPS) is 12.0. The standard InChI is InChI=1S/C17H37NO/c1-4-6-8-10-12-14-16-18(3,19)17-15-13-11-9-7-5-2/h4-17H2,1-3H3. The third-order valence-electron chi connectivity index (χ3n) is 3.97. The van der Waals surface area contributed by atoms with Crippen LogP contribution in [0.4, 0.5) is 0 Å². The van der Waals surface area contributed by atoms with Crippen molar-refractivity contribution in [2.45, 2.75) is 90.9 Å². The van der Waals surface area contributed by atoms with Crippen LogP contribution in [0, 0.1) is 5.21 Å². The molecule has 0 amide bonds. The molecule has 0 heterocycles. The zero-order valence-electron chi connectivity index (χ0n) is 13.8. The Balaban J connectivity index is 3.36. The SMILES string of the molecule is CCCCCCCC[N+](C)([O-])CCCCCCCC. The van der Waals surface area contributed by atoms with Gasteiger partial charge >= 0.3 is 0 Å². The Morgan fingerprint density at radius 2 is 0.895 bits per heavy atom. The summed E-state index contributed by atoms with van der Waals surface area (Å²) in [6.45, 7) is 6.13. The van der Waals surface area contributed by atoms with Gasteiger partial charge in [-0.25, -0.2) is 0 Å². The summed E-state index contributed by atoms with van der Waals surface area (Å²) in [5, 5.41) is 12.2. The van der Waals surface area contributed by atoms with Crippen LogP contribution < -0.4 is 0 Å². The third kappa shape index (κ3) is 14.1. The van der Waals surface area contributed by atoms with Crippen molar-refractivity contribution in [1.29, 1.82) is 0 Å². The van der Waals surface area contributed by atoms with E-state index in [1.165, 1.54) is 64.2 Å². The van der Waals surface area contributed by atoms with Gasteiger partial charge in [0.2, 0.25) is 0 Å². The van der Waals surface area contributed by atoms with Gasteiger partial charge in [-0.1, -0.05) is 65.2 Å². The molecule has 0 aromatic carbocycles. The number of hydrogen-bond donors (Lipinski definition) is 0. The van der Waals surface area contributed by atoms with E-state index in [0.717, 1.165) is 25.9 Å². The molecule has 0 aliphatic carbocycles. The number of nitrogens with zero attached hydrogens (tertiary/aromatic N) is 1. The fourth-order valence-electron chi connectivity index (χ4n) is 2.57. The largest absolute Gasteiger partial charge is 0.633 e. The van der Waals surface area contributed by atoms with Crippen molar-refractivity contribution in [3.8, 4) is 0 Å². The molecule has 0 fully saturated rings. The quantitative estimate of drug-likeness (QED) is 0.227. The van der Waals surface area contributed by atoms with E-state index in [2.05, 4.69) is 13.8 Å². The number of hydroxylamine groups is 3. The van der Waals surface area contributed by atoms with Crippen molar-refractivity contribution in [2.75, 3.05) is 20.1 Å². The van der Waals surface area contributed by atoms with Crippen molar-refractivity contribution in [3.63, 3.8) is 0 Å². The van der Waals surface area contributed by atoms with Gasteiger partial charge in [0, 0.05) is 0 Å². The van der Waals surface area contributed by atoms with E-state index in [0.29, 0.717) is 0 Å². The summed E-state index contributed by atoms with van der Waals surface area (Å²) in [5.41, 5.74) is 0. The molecule has 0 spiro atoms. The maximum Gasteiger partial charge on any atom is 0.0781 e. The number of unbranched alkanes of at least 4 members (excludes halogenated alkanes) is 10. The van der Waals surface area contributed by atoms with E-state index < -0.39 is 0 Å². The van der Waals surface area contributed by atoms with E-state index >= 15 is 0 Å². The minimum atomic E-state index is -0.0123. The Morgan fingerprint density at radius 3 is 1.26 bits per heavy atom. The number of quaternary nitrogens is 1. The molecular weight excluding hydrogens is 234 g/mol. The second kappa shape index (κ2) is 12.9. The highest BCUT2D eigenvalue weighted by Gasteiger charge is 2.08. The molecule has 0 aliphatic rings. The highest BCUT2D eigenvalue weighted by atomic mass is 16.5. The molecule has 0 radical (unpaired) electrons. The maximum absolute atomic E-state index is 12.2. The molecule has 0 aromatic rings. The van der Waals surface area contributed by atoms with Crippen LogP contribution in [0.3, 0.4) is 0 Å². The van der Waals surface area contributed by atoms with E-state index in [9.17, 15) is 5.21 Å². The van der Waals surface area contributed by atoms with Crippen molar-refractivity contribution < 1.29 is 4.65 Å². The molecule has 0 atom stereocenters. The average Bonchev–Trinajstić information content (AvgIpc) is 2.38. The van der Waals surface area contributed by atoms with Crippen molar-refractivity contribution in [3.05, 3.63) is 5.21 Å². The first-order valence-electron chi connectivity index (χ1n) is 8.68. The van der Waals surface area contributed by atoms with E-state index in [-0.39, 0.29) is 4.65 Å². The van der Waals surface area contributed by atoms with Crippen LogP contribution in [0.2, 0.25) is 0 Å². The fourth-order valence-corrected chi connectivity index (χ4v) is 2.57. The predicted molar refractivity (Wildman–Crippen MR) is 86.0 cm³/mol. The van der Waals surface area contributed by atoms with Crippen LogP contribution in [-0.2, 0) is 0 Å². The van der Waals surface area contributed by atoms with Gasteiger partial charge in [-0.15, -0.1) is 0 Å². The lowest BCUT2D eigenvalue weighted by molar-refractivity contribution is -0.861. The van der Waals surface area contributed by atoms with E-state index in [1.54, 1.807) is 0 Å². The molecular formula is C17H37NO. The predicted octanol–water partition coefficient (Wildman–Crippen LogP) is 5.65. The Bertz CT molecular complexity index is 162. The molecule has 2 heteroatoms. The topological polar surface area (TPSA) is 23.1 Å². The lowest BCUT2D eigenvalue weighted by atomic mass is 10.1. The van der Waals surface area contributed by atoms with Crippen LogP contribution in [0.15, 0.2) is 0 Å². The third-order valence-corrected chi connectivity index (χ3v) is 3.97. The molecule has 0 saturated carbocycles. The number of rotatable bonds is 14. The van der Waals surface area contributed by atoms with Gasteiger partial charge in [0.15, 0.2) is 0 Å². The first-order chi connectivity index (χ1) is 9.12. The lowest BCUT2D eigenvalue weighted by Gasteiger charge is -2.39. The zero-order valence-corrected chi connectivity index (χ0v) is 13.8. The van der Waals surface area contributed by atoms with Crippen LogP contribution in [-0.4, -0.2) is 24.8 Å². The molecule has 0 aliphatic heterocycles. The van der Waals surface area contributed by atoms with Gasteiger partial charge in [0.25, 0.3) is 0 Å². The molecule has 0 unspecified atom stereocenters. The summed E-state index contributed by atoms with van der Waals surface area (Å²) in [7, 11) is 1.86. The molecule has 0 N–H and O–H groups in total. The summed E-state index contributed by atoms with van der Waals surface area (Å²) in [6, 6.07) is 0. The summed E-state index contributed by atoms with van der Waals surface area (Å²) >= 11 is 0. The van der Waals surface area contributed by atoms with Crippen LogP contribution in [0.25, 0.3) is 0 Å². The molecule has 19 heavy (non-hydrogen) atoms. The average molecular weight is 271 g/mol. The smallest absolute Gasteiger partial charge is 0.0781 e. The monoisotopic (exact) mass is 271 g/mol. The van der Waals surface area contributed by atoms with E-state index in [4.69, 9.17) is 0 Å². The van der Waals surface area contributed by atoms with Gasteiger partial charge in [0.05, 0.1) is 20.1 Å². The molecule has 0 bridgehead atoms. The van der Waals surface area contributed by atoms with Crippen LogP contribution in [0.5, 0.6) is 0 Å². The highest BCUT2D eigenvalue weighted by Crippen LogP contribution is 2.12. The summed E-state index contributed by atoms with van der Waals surface area (Å²) < 4.78 is -0.0123. The minimum Gasteiger partial charge on any atom is -0.633 e. The second-order valence-electron chi connectivity index (χ2n) is 6.28.